The molecule has 1 spiro atoms. The molecular formula is C22H27N3O2. The first-order valence-corrected chi connectivity index (χ1v) is 9.82. The first-order chi connectivity index (χ1) is 13.2. The number of carbonyl (C=O) groups is 1. The van der Waals surface area contributed by atoms with Crippen LogP contribution in [-0.4, -0.2) is 53.5 Å². The Morgan fingerprint density at radius 2 is 1.89 bits per heavy atom. The fourth-order valence-electron chi connectivity index (χ4n) is 4.64. The summed E-state index contributed by atoms with van der Waals surface area (Å²) in [5, 5.41) is 0. The van der Waals surface area contributed by atoms with E-state index in [1.54, 1.807) is 13.1 Å². The molecule has 0 atom stereocenters. The van der Waals surface area contributed by atoms with Gasteiger partial charge in [-0.25, -0.2) is 4.98 Å². The molecule has 0 unspecified atom stereocenters. The first kappa shape index (κ1) is 18.0. The van der Waals surface area contributed by atoms with E-state index in [9.17, 15) is 4.79 Å². The number of fused-ring (bicyclic) bond motifs is 2. The summed E-state index contributed by atoms with van der Waals surface area (Å²) in [6.07, 6.45) is 4.66. The van der Waals surface area contributed by atoms with Crippen molar-refractivity contribution in [2.45, 2.75) is 31.7 Å². The Hall–Kier alpha value is -2.40. The van der Waals surface area contributed by atoms with Gasteiger partial charge in [-0.3, -0.25) is 9.69 Å². The zero-order valence-electron chi connectivity index (χ0n) is 15.9. The van der Waals surface area contributed by atoms with Gasteiger partial charge in [-0.2, -0.15) is 0 Å². The minimum atomic E-state index is -0.140. The van der Waals surface area contributed by atoms with Gasteiger partial charge in [0.25, 0.3) is 0 Å². The number of aromatic nitrogens is 1. The molecule has 3 heterocycles. The minimum absolute atomic E-state index is 0.140. The number of ether oxygens (including phenoxy) is 1. The third kappa shape index (κ3) is 3.56. The highest BCUT2D eigenvalue weighted by Gasteiger charge is 2.45. The third-order valence-corrected chi connectivity index (χ3v) is 6.00. The molecule has 0 saturated carbocycles. The topological polar surface area (TPSA) is 45.7 Å². The lowest BCUT2D eigenvalue weighted by Gasteiger charge is -2.52. The summed E-state index contributed by atoms with van der Waals surface area (Å²) in [6, 6.07) is 14.4. The van der Waals surface area contributed by atoms with Crippen LogP contribution < -0.4 is 4.74 Å². The predicted molar refractivity (Wildman–Crippen MR) is 105 cm³/mol. The molecule has 0 radical (unpaired) electrons. The molecule has 2 aromatic rings. The molecule has 1 aromatic carbocycles. The Morgan fingerprint density at radius 3 is 2.63 bits per heavy atom. The fourth-order valence-corrected chi connectivity index (χ4v) is 4.64. The molecule has 2 aliphatic heterocycles. The van der Waals surface area contributed by atoms with Crippen molar-refractivity contribution in [2.24, 2.45) is 0 Å². The summed E-state index contributed by atoms with van der Waals surface area (Å²) in [4.78, 5) is 21.1. The largest absolute Gasteiger partial charge is 0.476 e. The van der Waals surface area contributed by atoms with Crippen LogP contribution in [0.25, 0.3) is 0 Å². The molecule has 27 heavy (non-hydrogen) atoms. The summed E-state index contributed by atoms with van der Waals surface area (Å²) in [6.45, 7) is 6.01. The van der Waals surface area contributed by atoms with E-state index in [0.29, 0.717) is 12.5 Å². The molecule has 5 nitrogen and oxygen atoms in total. The van der Waals surface area contributed by atoms with Gasteiger partial charge in [0, 0.05) is 45.4 Å². The number of rotatable bonds is 4. The highest BCUT2D eigenvalue weighted by atomic mass is 16.5. The molecule has 0 bridgehead atoms. The van der Waals surface area contributed by atoms with Gasteiger partial charge in [0.15, 0.2) is 0 Å². The van der Waals surface area contributed by atoms with E-state index in [-0.39, 0.29) is 11.4 Å². The van der Waals surface area contributed by atoms with E-state index in [4.69, 9.17) is 4.74 Å². The van der Waals surface area contributed by atoms with Crippen molar-refractivity contribution in [3.05, 3.63) is 59.8 Å². The van der Waals surface area contributed by atoms with Gasteiger partial charge in [-0.15, -0.1) is 0 Å². The number of carbonyl (C=O) groups excluding carboxylic acids is 1. The predicted octanol–water partition coefficient (Wildman–Crippen LogP) is 2.86. The van der Waals surface area contributed by atoms with Crippen molar-refractivity contribution >= 4 is 5.91 Å². The van der Waals surface area contributed by atoms with Crippen LogP contribution >= 0.6 is 0 Å². The van der Waals surface area contributed by atoms with Gasteiger partial charge in [-0.05, 0) is 36.5 Å². The molecule has 2 aliphatic rings. The van der Waals surface area contributed by atoms with Crippen molar-refractivity contribution in [1.29, 1.82) is 0 Å². The highest BCUT2D eigenvalue weighted by molar-refractivity contribution is 5.75. The van der Waals surface area contributed by atoms with Crippen LogP contribution in [0.2, 0.25) is 0 Å². The van der Waals surface area contributed by atoms with Gasteiger partial charge < -0.3 is 9.64 Å². The van der Waals surface area contributed by atoms with Crippen LogP contribution in [0.4, 0.5) is 0 Å². The number of pyridine rings is 1. The van der Waals surface area contributed by atoms with Crippen LogP contribution in [0, 0.1) is 0 Å². The summed E-state index contributed by atoms with van der Waals surface area (Å²) in [5.74, 6) is 0.867. The van der Waals surface area contributed by atoms with Crippen molar-refractivity contribution < 1.29 is 9.53 Å². The number of hydrogen-bond donors (Lipinski definition) is 0. The molecule has 1 aromatic heterocycles. The summed E-state index contributed by atoms with van der Waals surface area (Å²) < 4.78 is 5.74. The zero-order valence-corrected chi connectivity index (χ0v) is 15.9. The maximum absolute atomic E-state index is 12.4. The molecule has 0 aliphatic carbocycles. The molecule has 0 N–H and O–H groups in total. The lowest BCUT2D eigenvalue weighted by atomic mass is 9.74. The number of nitrogens with zero attached hydrogens (tertiary/aromatic N) is 3. The summed E-state index contributed by atoms with van der Waals surface area (Å²) >= 11 is 0. The van der Waals surface area contributed by atoms with Crippen molar-refractivity contribution in [3.8, 4) is 5.88 Å². The van der Waals surface area contributed by atoms with Gasteiger partial charge in [0.2, 0.25) is 11.8 Å². The number of amides is 1. The van der Waals surface area contributed by atoms with Gasteiger partial charge in [-0.1, -0.05) is 30.3 Å². The molecular weight excluding hydrogens is 338 g/mol. The smallest absolute Gasteiger partial charge is 0.220 e. The second kappa shape index (κ2) is 7.69. The SMILES string of the molecule is CC(=O)N1CCc2ccccc2C12CCN(CCOc1ccccn1)CC2. The van der Waals surface area contributed by atoms with Crippen molar-refractivity contribution in [3.63, 3.8) is 0 Å². The van der Waals surface area contributed by atoms with Crippen molar-refractivity contribution in [2.75, 3.05) is 32.8 Å². The Kier molecular flexibility index (Phi) is 5.12. The second-order valence-electron chi connectivity index (χ2n) is 7.47. The molecule has 1 fully saturated rings. The maximum atomic E-state index is 12.4. The Labute approximate surface area is 161 Å². The number of likely N-dealkylation sites (tertiary alicyclic amines) is 1. The Morgan fingerprint density at radius 1 is 1.11 bits per heavy atom. The molecule has 4 rings (SSSR count). The van der Waals surface area contributed by atoms with E-state index in [1.807, 2.05) is 18.2 Å². The average Bonchev–Trinajstić information content (AvgIpc) is 2.70. The van der Waals surface area contributed by atoms with Crippen LogP contribution in [-0.2, 0) is 16.8 Å². The fraction of sp³-hybridized carbons (Fsp3) is 0.455. The van der Waals surface area contributed by atoms with E-state index in [1.165, 1.54) is 11.1 Å². The highest BCUT2D eigenvalue weighted by Crippen LogP contribution is 2.43. The van der Waals surface area contributed by atoms with Crippen LogP contribution in [0.1, 0.15) is 30.9 Å². The van der Waals surface area contributed by atoms with Crippen LogP contribution in [0.3, 0.4) is 0 Å². The number of piperidine rings is 1. The van der Waals surface area contributed by atoms with Gasteiger partial charge in [0.1, 0.15) is 6.61 Å². The summed E-state index contributed by atoms with van der Waals surface area (Å²) in [7, 11) is 0. The maximum Gasteiger partial charge on any atom is 0.220 e. The molecule has 1 saturated heterocycles. The van der Waals surface area contributed by atoms with Crippen LogP contribution in [0.5, 0.6) is 5.88 Å². The monoisotopic (exact) mass is 365 g/mol. The van der Waals surface area contributed by atoms with Crippen molar-refractivity contribution in [1.82, 2.24) is 14.8 Å². The normalized spacial score (nSPS) is 18.9. The Bertz CT molecular complexity index is 785. The van der Waals surface area contributed by atoms with E-state index < -0.39 is 0 Å². The van der Waals surface area contributed by atoms with E-state index in [2.05, 4.69) is 39.0 Å². The zero-order chi connectivity index (χ0) is 18.7. The summed E-state index contributed by atoms with van der Waals surface area (Å²) in [5.41, 5.74) is 2.62. The van der Waals surface area contributed by atoms with Crippen LogP contribution in [0.15, 0.2) is 48.7 Å². The standard InChI is InChI=1S/C22H27N3O2/c1-18(26)25-13-9-19-6-2-3-7-20(19)22(25)10-14-24(15-11-22)16-17-27-21-8-4-5-12-23-21/h2-8,12H,9-11,13-17H2,1H3. The molecule has 5 heteroatoms. The second-order valence-corrected chi connectivity index (χ2v) is 7.47. The lowest BCUT2D eigenvalue weighted by Crippen LogP contribution is -2.57. The number of hydrogen-bond acceptors (Lipinski definition) is 4. The number of benzene rings is 1. The van der Waals surface area contributed by atoms with E-state index in [0.717, 1.165) is 45.4 Å². The average molecular weight is 365 g/mol. The quantitative estimate of drug-likeness (QED) is 0.836. The van der Waals surface area contributed by atoms with Gasteiger partial charge >= 0.3 is 0 Å². The first-order valence-electron chi connectivity index (χ1n) is 9.82. The third-order valence-electron chi connectivity index (χ3n) is 6.00. The molecule has 1 amide bonds. The molecule has 142 valence electrons. The van der Waals surface area contributed by atoms with E-state index >= 15 is 0 Å². The lowest BCUT2D eigenvalue weighted by molar-refractivity contribution is -0.139. The Balaban J connectivity index is 1.42. The van der Waals surface area contributed by atoms with Gasteiger partial charge in [0.05, 0.1) is 5.54 Å². The minimum Gasteiger partial charge on any atom is -0.476 e.